The molecule has 0 aliphatic rings. The Morgan fingerprint density at radius 2 is 2.11 bits per heavy atom. The van der Waals surface area contributed by atoms with Gasteiger partial charge in [0.25, 0.3) is 0 Å². The largest absolute Gasteiger partial charge is 0.416 e. The molecule has 0 aliphatic heterocycles. The molecule has 10 heteroatoms. The number of nitrogens with zero attached hydrogens (tertiary/aromatic N) is 3. The number of hydrogen-bond donors (Lipinski definition) is 1. The molecule has 2 heterocycles. The van der Waals surface area contributed by atoms with Crippen LogP contribution in [0.3, 0.4) is 0 Å². The van der Waals surface area contributed by atoms with Crippen LogP contribution in [0.4, 0.5) is 19.0 Å². The fourth-order valence-corrected chi connectivity index (χ4v) is 3.62. The van der Waals surface area contributed by atoms with Crippen molar-refractivity contribution in [2.75, 3.05) is 5.32 Å². The summed E-state index contributed by atoms with van der Waals surface area (Å²) in [4.78, 5) is 16.8. The summed E-state index contributed by atoms with van der Waals surface area (Å²) >= 11 is 1.18. The van der Waals surface area contributed by atoms with Gasteiger partial charge in [0.05, 0.1) is 21.8 Å². The first kappa shape index (κ1) is 20.2. The number of imidazole rings is 1. The molecule has 1 atom stereocenters. The molecule has 2 aromatic heterocycles. The van der Waals surface area contributed by atoms with Gasteiger partial charge in [0.2, 0.25) is 5.91 Å². The van der Waals surface area contributed by atoms with Crippen LogP contribution in [0.5, 0.6) is 0 Å². The van der Waals surface area contributed by atoms with E-state index in [2.05, 4.69) is 15.5 Å². The molecule has 3 rings (SSSR count). The van der Waals surface area contributed by atoms with Crippen LogP contribution in [0.2, 0.25) is 0 Å². The number of anilines is 1. The zero-order chi connectivity index (χ0) is 20.5. The first-order valence-corrected chi connectivity index (χ1v) is 9.55. The average molecular weight is 412 g/mol. The van der Waals surface area contributed by atoms with Gasteiger partial charge in [0.1, 0.15) is 5.76 Å². The molecule has 1 aromatic carbocycles. The number of halogens is 3. The number of hydrogen-bond acceptors (Lipinski definition) is 5. The Morgan fingerprint density at radius 3 is 2.71 bits per heavy atom. The molecule has 0 spiro atoms. The molecule has 0 unspecified atom stereocenters. The number of rotatable bonds is 6. The number of benzene rings is 1. The number of fused-ring (bicyclic) bond motifs is 1. The van der Waals surface area contributed by atoms with Crippen LogP contribution in [0, 0.1) is 6.92 Å². The molecule has 1 N–H and O–H groups in total. The molecule has 6 nitrogen and oxygen atoms in total. The highest BCUT2D eigenvalue weighted by Crippen LogP contribution is 2.34. The predicted octanol–water partition coefficient (Wildman–Crippen LogP) is 4.88. The summed E-state index contributed by atoms with van der Waals surface area (Å²) in [6, 6.07) is 5.08. The number of carbonyl (C=O) groups excluding carboxylic acids is 1. The highest BCUT2D eigenvalue weighted by Gasteiger charge is 2.31. The van der Waals surface area contributed by atoms with E-state index in [9.17, 15) is 18.0 Å². The molecule has 0 saturated carbocycles. The van der Waals surface area contributed by atoms with Crippen LogP contribution >= 0.6 is 11.8 Å². The fraction of sp³-hybridized carbons (Fsp3) is 0.389. The van der Waals surface area contributed by atoms with E-state index in [0.717, 1.165) is 12.1 Å². The molecule has 28 heavy (non-hydrogen) atoms. The summed E-state index contributed by atoms with van der Waals surface area (Å²) in [6.07, 6.45) is -3.71. The van der Waals surface area contributed by atoms with Crippen LogP contribution in [-0.2, 0) is 17.5 Å². The summed E-state index contributed by atoms with van der Waals surface area (Å²) in [5.41, 5.74) is 0.142. The average Bonchev–Trinajstić information content (AvgIpc) is 3.17. The SMILES string of the molecule is CCCn1c(S[C@@H](C)C(=O)Nc2cc(C)on2)nc2ccc(C(F)(F)F)cc21. The monoisotopic (exact) mass is 412 g/mol. The molecular formula is C18H19F3N4O2S. The summed E-state index contributed by atoms with van der Waals surface area (Å²) in [5, 5.41) is 6.32. The van der Waals surface area contributed by atoms with Crippen molar-refractivity contribution in [3.8, 4) is 0 Å². The second-order valence-corrected chi connectivity index (χ2v) is 7.63. The Hall–Kier alpha value is -2.49. The van der Waals surface area contributed by atoms with Gasteiger partial charge < -0.3 is 14.4 Å². The topological polar surface area (TPSA) is 73.0 Å². The number of thioether (sulfide) groups is 1. The number of alkyl halides is 3. The second kappa shape index (κ2) is 7.86. The highest BCUT2D eigenvalue weighted by molar-refractivity contribution is 8.00. The van der Waals surface area contributed by atoms with Gasteiger partial charge in [-0.1, -0.05) is 23.8 Å². The lowest BCUT2D eigenvalue weighted by molar-refractivity contribution is -0.137. The Balaban J connectivity index is 1.86. The highest BCUT2D eigenvalue weighted by atomic mass is 32.2. The van der Waals surface area contributed by atoms with Crippen molar-refractivity contribution in [1.82, 2.24) is 14.7 Å². The van der Waals surface area contributed by atoms with Gasteiger partial charge in [-0.2, -0.15) is 13.2 Å². The quantitative estimate of drug-likeness (QED) is 0.584. The first-order valence-electron chi connectivity index (χ1n) is 8.67. The molecular weight excluding hydrogens is 393 g/mol. The Kier molecular flexibility index (Phi) is 5.69. The van der Waals surface area contributed by atoms with Crippen molar-refractivity contribution in [3.05, 3.63) is 35.6 Å². The van der Waals surface area contributed by atoms with Crippen molar-refractivity contribution in [2.24, 2.45) is 0 Å². The maximum absolute atomic E-state index is 13.1. The zero-order valence-corrected chi connectivity index (χ0v) is 16.3. The van der Waals surface area contributed by atoms with Gasteiger partial charge in [-0.05, 0) is 38.5 Å². The maximum Gasteiger partial charge on any atom is 0.416 e. The van der Waals surface area contributed by atoms with E-state index in [1.807, 2.05) is 6.92 Å². The minimum absolute atomic E-state index is 0.301. The van der Waals surface area contributed by atoms with E-state index in [-0.39, 0.29) is 5.91 Å². The van der Waals surface area contributed by atoms with Gasteiger partial charge in [0, 0.05) is 12.6 Å². The van der Waals surface area contributed by atoms with Crippen molar-refractivity contribution in [1.29, 1.82) is 0 Å². The number of carbonyl (C=O) groups is 1. The van der Waals surface area contributed by atoms with Crippen LogP contribution in [0.25, 0.3) is 11.0 Å². The predicted molar refractivity (Wildman–Crippen MR) is 100 cm³/mol. The minimum Gasteiger partial charge on any atom is -0.360 e. The maximum atomic E-state index is 13.1. The third kappa shape index (κ3) is 4.32. The van der Waals surface area contributed by atoms with Crippen LogP contribution in [0.15, 0.2) is 33.9 Å². The number of amides is 1. The van der Waals surface area contributed by atoms with E-state index < -0.39 is 17.0 Å². The first-order chi connectivity index (χ1) is 13.2. The molecule has 1 amide bonds. The van der Waals surface area contributed by atoms with Gasteiger partial charge in [0.15, 0.2) is 11.0 Å². The summed E-state index contributed by atoms with van der Waals surface area (Å²) in [6.45, 7) is 5.83. The summed E-state index contributed by atoms with van der Waals surface area (Å²) < 4.78 is 45.8. The smallest absolute Gasteiger partial charge is 0.360 e. The summed E-state index contributed by atoms with van der Waals surface area (Å²) in [5.74, 6) is 0.581. The molecule has 3 aromatic rings. The van der Waals surface area contributed by atoms with E-state index >= 15 is 0 Å². The Bertz CT molecular complexity index is 997. The number of aromatic nitrogens is 3. The van der Waals surface area contributed by atoms with E-state index in [0.29, 0.717) is 40.7 Å². The molecule has 0 fully saturated rings. The second-order valence-electron chi connectivity index (χ2n) is 6.32. The van der Waals surface area contributed by atoms with E-state index in [4.69, 9.17) is 4.52 Å². The lowest BCUT2D eigenvalue weighted by atomic mass is 10.2. The molecule has 0 radical (unpaired) electrons. The molecule has 0 bridgehead atoms. The minimum atomic E-state index is -4.42. The lowest BCUT2D eigenvalue weighted by Gasteiger charge is -2.12. The van der Waals surface area contributed by atoms with Gasteiger partial charge >= 0.3 is 6.18 Å². The number of aryl methyl sites for hydroxylation is 2. The molecule has 0 aliphatic carbocycles. The lowest BCUT2D eigenvalue weighted by Crippen LogP contribution is -2.23. The van der Waals surface area contributed by atoms with E-state index in [1.54, 1.807) is 24.5 Å². The van der Waals surface area contributed by atoms with Crippen LogP contribution in [-0.4, -0.2) is 25.9 Å². The van der Waals surface area contributed by atoms with Gasteiger partial charge in [-0.25, -0.2) is 4.98 Å². The van der Waals surface area contributed by atoms with Crippen molar-refractivity contribution < 1.29 is 22.5 Å². The normalized spacial score (nSPS) is 13.1. The molecule has 150 valence electrons. The molecule has 0 saturated heterocycles. The number of nitrogens with one attached hydrogen (secondary N) is 1. The van der Waals surface area contributed by atoms with Crippen LogP contribution < -0.4 is 5.32 Å². The van der Waals surface area contributed by atoms with Crippen molar-refractivity contribution in [3.63, 3.8) is 0 Å². The van der Waals surface area contributed by atoms with Crippen molar-refractivity contribution >= 4 is 34.5 Å². The zero-order valence-electron chi connectivity index (χ0n) is 15.5. The third-order valence-electron chi connectivity index (χ3n) is 4.02. The third-order valence-corrected chi connectivity index (χ3v) is 5.11. The standard InChI is InChI=1S/C18H19F3N4O2S/c1-4-7-25-14-9-12(18(19,20)21)5-6-13(14)22-17(25)28-11(3)16(26)23-15-8-10(2)27-24-15/h5-6,8-9,11H,4,7H2,1-3H3,(H,23,24,26)/t11-/m0/s1. The Labute approximate surface area is 163 Å². The van der Waals surface area contributed by atoms with Gasteiger partial charge in [-0.3, -0.25) is 4.79 Å². The van der Waals surface area contributed by atoms with Crippen molar-refractivity contribution in [2.45, 2.75) is 50.3 Å². The summed E-state index contributed by atoms with van der Waals surface area (Å²) in [7, 11) is 0. The van der Waals surface area contributed by atoms with Gasteiger partial charge in [-0.15, -0.1) is 0 Å². The Morgan fingerprint density at radius 1 is 1.36 bits per heavy atom. The fourth-order valence-electron chi connectivity index (χ4n) is 2.67. The van der Waals surface area contributed by atoms with E-state index in [1.165, 1.54) is 17.8 Å². The van der Waals surface area contributed by atoms with Crippen LogP contribution in [0.1, 0.15) is 31.6 Å².